The minimum absolute atomic E-state index is 0.307. The number of hydrogen-bond donors (Lipinski definition) is 1. The fraction of sp³-hybridized carbons (Fsp3) is 0.625. The first-order chi connectivity index (χ1) is 9.02. The smallest absolute Gasteiger partial charge is 0.0546 e. The molecule has 0 amide bonds. The predicted molar refractivity (Wildman–Crippen MR) is 85.6 cm³/mol. The van der Waals surface area contributed by atoms with Crippen molar-refractivity contribution in [3.05, 3.63) is 34.3 Å². The standard InChI is InChI=1S/C16H26BrNO/c1-12(2)18-11-14(9-13(3)19-4)10-15-7-5-6-8-16(15)17/h5-8,12-14,18H,9-11H2,1-4H3. The maximum absolute atomic E-state index is 5.42. The topological polar surface area (TPSA) is 21.3 Å². The Kier molecular flexibility index (Phi) is 7.66. The fourth-order valence-electron chi connectivity index (χ4n) is 2.18. The molecule has 2 unspecified atom stereocenters. The van der Waals surface area contributed by atoms with E-state index in [1.165, 1.54) is 10.0 Å². The second kappa shape index (κ2) is 8.72. The summed E-state index contributed by atoms with van der Waals surface area (Å²) in [6, 6.07) is 9.01. The summed E-state index contributed by atoms with van der Waals surface area (Å²) in [5, 5.41) is 3.54. The Labute approximate surface area is 126 Å². The molecule has 0 aliphatic rings. The van der Waals surface area contributed by atoms with E-state index in [0.717, 1.165) is 19.4 Å². The normalized spacial score (nSPS) is 14.6. The van der Waals surface area contributed by atoms with Crippen molar-refractivity contribution >= 4 is 15.9 Å². The van der Waals surface area contributed by atoms with Gasteiger partial charge in [-0.2, -0.15) is 0 Å². The SMILES string of the molecule is COC(C)CC(CNC(C)C)Cc1ccccc1Br. The van der Waals surface area contributed by atoms with Crippen LogP contribution in [0.4, 0.5) is 0 Å². The van der Waals surface area contributed by atoms with Crippen LogP contribution in [0, 0.1) is 5.92 Å². The lowest BCUT2D eigenvalue weighted by Crippen LogP contribution is -2.31. The monoisotopic (exact) mass is 327 g/mol. The maximum atomic E-state index is 5.42. The van der Waals surface area contributed by atoms with Crippen molar-refractivity contribution in [3.63, 3.8) is 0 Å². The van der Waals surface area contributed by atoms with Crippen molar-refractivity contribution in [3.8, 4) is 0 Å². The lowest BCUT2D eigenvalue weighted by Gasteiger charge is -2.22. The minimum Gasteiger partial charge on any atom is -0.382 e. The molecule has 0 aliphatic heterocycles. The van der Waals surface area contributed by atoms with Crippen molar-refractivity contribution in [2.24, 2.45) is 5.92 Å². The Morgan fingerprint density at radius 2 is 1.89 bits per heavy atom. The summed E-state index contributed by atoms with van der Waals surface area (Å²) in [7, 11) is 1.79. The molecule has 0 fully saturated rings. The van der Waals surface area contributed by atoms with Crippen LogP contribution in [0.3, 0.4) is 0 Å². The Hall–Kier alpha value is -0.380. The molecule has 2 nitrogen and oxygen atoms in total. The molecule has 0 spiro atoms. The molecule has 1 aromatic rings. The summed E-state index contributed by atoms with van der Waals surface area (Å²) in [6.07, 6.45) is 2.47. The second-order valence-corrected chi connectivity index (χ2v) is 6.36. The van der Waals surface area contributed by atoms with Crippen LogP contribution in [-0.2, 0) is 11.2 Å². The zero-order chi connectivity index (χ0) is 14.3. The van der Waals surface area contributed by atoms with E-state index in [2.05, 4.69) is 66.3 Å². The predicted octanol–water partition coefficient (Wildman–Crippen LogP) is 4.03. The van der Waals surface area contributed by atoms with Crippen LogP contribution in [0.1, 0.15) is 32.8 Å². The number of rotatable bonds is 8. The van der Waals surface area contributed by atoms with Crippen LogP contribution in [0.25, 0.3) is 0 Å². The maximum Gasteiger partial charge on any atom is 0.0546 e. The van der Waals surface area contributed by atoms with Crippen molar-refractivity contribution in [2.45, 2.75) is 45.8 Å². The highest BCUT2D eigenvalue weighted by atomic mass is 79.9. The zero-order valence-corrected chi connectivity index (χ0v) is 14.0. The minimum atomic E-state index is 0.307. The van der Waals surface area contributed by atoms with Gasteiger partial charge in [0.05, 0.1) is 6.10 Å². The van der Waals surface area contributed by atoms with Gasteiger partial charge >= 0.3 is 0 Å². The van der Waals surface area contributed by atoms with Crippen molar-refractivity contribution in [1.29, 1.82) is 0 Å². The van der Waals surface area contributed by atoms with Crippen LogP contribution >= 0.6 is 15.9 Å². The number of ether oxygens (including phenoxy) is 1. The van der Waals surface area contributed by atoms with E-state index in [1.807, 2.05) is 0 Å². The summed E-state index contributed by atoms with van der Waals surface area (Å²) in [5.41, 5.74) is 1.38. The highest BCUT2D eigenvalue weighted by Crippen LogP contribution is 2.22. The summed E-state index contributed by atoms with van der Waals surface area (Å²) < 4.78 is 6.62. The van der Waals surface area contributed by atoms with Crippen molar-refractivity contribution < 1.29 is 4.74 Å². The van der Waals surface area contributed by atoms with Gasteiger partial charge in [0.25, 0.3) is 0 Å². The van der Waals surface area contributed by atoms with Gasteiger partial charge in [0, 0.05) is 17.6 Å². The third-order valence-corrected chi connectivity index (χ3v) is 4.12. The average molecular weight is 328 g/mol. The third-order valence-electron chi connectivity index (χ3n) is 3.35. The molecule has 0 aliphatic carbocycles. The summed E-state index contributed by atoms with van der Waals surface area (Å²) in [4.78, 5) is 0. The lowest BCUT2D eigenvalue weighted by atomic mass is 9.93. The number of halogens is 1. The first-order valence-electron chi connectivity index (χ1n) is 7.02. The van der Waals surface area contributed by atoms with Crippen LogP contribution in [0.5, 0.6) is 0 Å². The van der Waals surface area contributed by atoms with Gasteiger partial charge in [-0.05, 0) is 43.9 Å². The molecule has 2 atom stereocenters. The Balaban J connectivity index is 2.64. The van der Waals surface area contributed by atoms with Crippen molar-refractivity contribution in [2.75, 3.05) is 13.7 Å². The highest BCUT2D eigenvalue weighted by Gasteiger charge is 2.15. The third kappa shape index (κ3) is 6.55. The summed E-state index contributed by atoms with van der Waals surface area (Å²) in [6.45, 7) is 7.56. The molecule has 1 N–H and O–H groups in total. The van der Waals surface area contributed by atoms with Crippen molar-refractivity contribution in [1.82, 2.24) is 5.32 Å². The van der Waals surface area contributed by atoms with Gasteiger partial charge in [0.15, 0.2) is 0 Å². The Morgan fingerprint density at radius 1 is 1.21 bits per heavy atom. The molecule has 0 aromatic heterocycles. The van der Waals surface area contributed by atoms with E-state index < -0.39 is 0 Å². The molecule has 0 saturated heterocycles. The summed E-state index contributed by atoms with van der Waals surface area (Å²) in [5.74, 6) is 0.594. The Bertz CT molecular complexity index is 368. The van der Waals surface area contributed by atoms with Gasteiger partial charge in [-0.1, -0.05) is 48.0 Å². The molecule has 0 radical (unpaired) electrons. The second-order valence-electron chi connectivity index (χ2n) is 5.51. The van der Waals surface area contributed by atoms with E-state index in [9.17, 15) is 0 Å². The molecule has 3 heteroatoms. The first-order valence-corrected chi connectivity index (χ1v) is 7.81. The lowest BCUT2D eigenvalue weighted by molar-refractivity contribution is 0.0942. The van der Waals surface area contributed by atoms with E-state index in [0.29, 0.717) is 18.1 Å². The Morgan fingerprint density at radius 3 is 2.47 bits per heavy atom. The van der Waals surface area contributed by atoms with Gasteiger partial charge in [-0.3, -0.25) is 0 Å². The molecule has 1 aromatic carbocycles. The van der Waals surface area contributed by atoms with Gasteiger partial charge in [-0.15, -0.1) is 0 Å². The van der Waals surface area contributed by atoms with Gasteiger partial charge in [0.1, 0.15) is 0 Å². The van der Waals surface area contributed by atoms with E-state index >= 15 is 0 Å². The van der Waals surface area contributed by atoms with Gasteiger partial charge in [-0.25, -0.2) is 0 Å². The van der Waals surface area contributed by atoms with Gasteiger partial charge in [0.2, 0.25) is 0 Å². The number of methoxy groups -OCH3 is 1. The molecule has 1 rings (SSSR count). The van der Waals surface area contributed by atoms with E-state index in [-0.39, 0.29) is 0 Å². The molecular weight excluding hydrogens is 302 g/mol. The molecule has 0 heterocycles. The largest absolute Gasteiger partial charge is 0.382 e. The average Bonchev–Trinajstić information content (AvgIpc) is 2.38. The highest BCUT2D eigenvalue weighted by molar-refractivity contribution is 9.10. The zero-order valence-electron chi connectivity index (χ0n) is 12.4. The number of hydrogen-bond acceptors (Lipinski definition) is 2. The van der Waals surface area contributed by atoms with Crippen LogP contribution < -0.4 is 5.32 Å². The number of benzene rings is 1. The van der Waals surface area contributed by atoms with E-state index in [4.69, 9.17) is 4.74 Å². The molecule has 19 heavy (non-hydrogen) atoms. The first kappa shape index (κ1) is 16.7. The number of nitrogens with one attached hydrogen (secondary N) is 1. The van der Waals surface area contributed by atoms with Crippen LogP contribution in [0.15, 0.2) is 28.7 Å². The molecule has 0 bridgehead atoms. The summed E-state index contributed by atoms with van der Waals surface area (Å²) >= 11 is 3.64. The molecule has 108 valence electrons. The quantitative estimate of drug-likeness (QED) is 0.778. The van der Waals surface area contributed by atoms with E-state index in [1.54, 1.807) is 7.11 Å². The molecule has 0 saturated carbocycles. The van der Waals surface area contributed by atoms with Gasteiger partial charge < -0.3 is 10.1 Å². The van der Waals surface area contributed by atoms with Crippen LogP contribution in [0.2, 0.25) is 0 Å². The fourth-order valence-corrected chi connectivity index (χ4v) is 2.63. The molecular formula is C16H26BrNO. The van der Waals surface area contributed by atoms with Crippen LogP contribution in [-0.4, -0.2) is 25.8 Å².